The number of fused-ring (bicyclic) bond motifs is 6. The van der Waals surface area contributed by atoms with Crippen LogP contribution in [0.3, 0.4) is 0 Å². The molecule has 2 saturated heterocycles. The van der Waals surface area contributed by atoms with E-state index in [-0.39, 0.29) is 47.4 Å². The minimum absolute atomic E-state index is 0.00218. The first-order valence-electron chi connectivity index (χ1n) is 14.3. The highest BCUT2D eigenvalue weighted by Gasteiger charge is 2.66. The summed E-state index contributed by atoms with van der Waals surface area (Å²) in [7, 11) is -3.36. The molecular formula is C29H38N4O4S. The van der Waals surface area contributed by atoms with E-state index >= 15 is 0 Å². The second-order valence-corrected chi connectivity index (χ2v) is 14.6. The van der Waals surface area contributed by atoms with Gasteiger partial charge < -0.3 is 9.88 Å². The molecule has 7 rings (SSSR count). The average molecular weight is 539 g/mol. The fourth-order valence-corrected chi connectivity index (χ4v) is 9.54. The smallest absolute Gasteiger partial charge is 0.233 e. The summed E-state index contributed by atoms with van der Waals surface area (Å²) in [5.41, 5.74) is 2.66. The van der Waals surface area contributed by atoms with E-state index in [1.165, 1.54) is 22.7 Å². The molecule has 204 valence electrons. The maximum absolute atomic E-state index is 13.4. The van der Waals surface area contributed by atoms with Gasteiger partial charge in [0.15, 0.2) is 0 Å². The number of carbonyl (C=O) groups excluding carboxylic acids is 2. The van der Waals surface area contributed by atoms with Crippen molar-refractivity contribution in [2.75, 3.05) is 32.4 Å². The normalized spacial score (nSPS) is 37.5. The first-order valence-corrected chi connectivity index (χ1v) is 16.2. The zero-order chi connectivity index (χ0) is 26.3. The van der Waals surface area contributed by atoms with Gasteiger partial charge in [0.2, 0.25) is 21.8 Å². The fourth-order valence-electron chi connectivity index (χ4n) is 8.65. The van der Waals surface area contributed by atoms with Gasteiger partial charge in [-0.15, -0.1) is 0 Å². The molecule has 1 aromatic carbocycles. The van der Waals surface area contributed by atoms with Gasteiger partial charge in [-0.2, -0.15) is 0 Å². The number of para-hydroxylation sites is 1. The summed E-state index contributed by atoms with van der Waals surface area (Å²) in [6.07, 6.45) is 7.54. The molecule has 2 amide bonds. The van der Waals surface area contributed by atoms with Crippen LogP contribution in [0.1, 0.15) is 44.1 Å². The number of nitrogens with one attached hydrogen (secondary N) is 2. The number of aromatic amines is 1. The number of benzene rings is 1. The number of nitrogens with zero attached hydrogens (tertiary/aromatic N) is 2. The summed E-state index contributed by atoms with van der Waals surface area (Å²) in [6, 6.07) is 8.30. The van der Waals surface area contributed by atoms with Crippen LogP contribution in [0.15, 0.2) is 30.5 Å². The molecular weight excluding hydrogens is 500 g/mol. The highest BCUT2D eigenvalue weighted by atomic mass is 32.2. The minimum Gasteiger partial charge on any atom is -0.361 e. The van der Waals surface area contributed by atoms with E-state index in [1.54, 1.807) is 4.90 Å². The predicted molar refractivity (Wildman–Crippen MR) is 145 cm³/mol. The Morgan fingerprint density at radius 2 is 1.66 bits per heavy atom. The number of amides is 2. The number of H-pyrrole nitrogens is 1. The lowest BCUT2D eigenvalue weighted by Gasteiger charge is -2.33. The van der Waals surface area contributed by atoms with Crippen molar-refractivity contribution in [3.05, 3.63) is 36.0 Å². The lowest BCUT2D eigenvalue weighted by molar-refractivity contribution is -0.141. The molecule has 2 aliphatic heterocycles. The number of imide groups is 1. The lowest BCUT2D eigenvalue weighted by Crippen LogP contribution is -2.48. The first-order chi connectivity index (χ1) is 18.2. The predicted octanol–water partition coefficient (Wildman–Crippen LogP) is 2.79. The van der Waals surface area contributed by atoms with E-state index in [1.807, 2.05) is 6.92 Å². The van der Waals surface area contributed by atoms with Crippen LogP contribution < -0.4 is 4.72 Å². The Balaban J connectivity index is 0.935. The number of sulfonamides is 1. The Labute approximate surface area is 224 Å². The van der Waals surface area contributed by atoms with Crippen molar-refractivity contribution in [3.8, 4) is 0 Å². The van der Waals surface area contributed by atoms with Crippen LogP contribution in [0.2, 0.25) is 0 Å². The summed E-state index contributed by atoms with van der Waals surface area (Å²) < 4.78 is 26.6. The monoisotopic (exact) mass is 538 g/mol. The Kier molecular flexibility index (Phi) is 5.80. The van der Waals surface area contributed by atoms with Crippen molar-refractivity contribution in [2.24, 2.45) is 41.4 Å². The maximum atomic E-state index is 13.4. The molecule has 6 unspecified atom stereocenters. The summed E-state index contributed by atoms with van der Waals surface area (Å²) in [4.78, 5) is 34.3. The number of hydrogen-bond donors (Lipinski definition) is 2. The Morgan fingerprint density at radius 1 is 0.974 bits per heavy atom. The van der Waals surface area contributed by atoms with Crippen LogP contribution in [0, 0.1) is 41.4 Å². The van der Waals surface area contributed by atoms with Gasteiger partial charge in [-0.3, -0.25) is 14.5 Å². The summed E-state index contributed by atoms with van der Waals surface area (Å²) in [5.74, 6) is 1.01. The van der Waals surface area contributed by atoms with Crippen molar-refractivity contribution in [1.82, 2.24) is 19.5 Å². The second kappa shape index (κ2) is 8.89. The van der Waals surface area contributed by atoms with Gasteiger partial charge in [-0.1, -0.05) is 25.1 Å². The van der Waals surface area contributed by atoms with Gasteiger partial charge in [0.05, 0.1) is 18.1 Å². The van der Waals surface area contributed by atoms with Crippen LogP contribution in [0.5, 0.6) is 0 Å². The molecule has 8 atom stereocenters. The van der Waals surface area contributed by atoms with Gasteiger partial charge in [0.25, 0.3) is 0 Å². The molecule has 9 heteroatoms. The highest BCUT2D eigenvalue weighted by Crippen LogP contribution is 2.59. The average Bonchev–Trinajstić information content (AvgIpc) is 3.16. The molecule has 1 aromatic heterocycles. The molecule has 38 heavy (non-hydrogen) atoms. The van der Waals surface area contributed by atoms with E-state index in [9.17, 15) is 18.0 Å². The topological polar surface area (TPSA) is 103 Å². The Bertz CT molecular complexity index is 1380. The van der Waals surface area contributed by atoms with E-state index < -0.39 is 10.0 Å². The highest BCUT2D eigenvalue weighted by molar-refractivity contribution is 7.88. The Hall–Kier alpha value is -2.23. The number of rotatable bonds is 7. The second-order valence-electron chi connectivity index (χ2n) is 12.8. The van der Waals surface area contributed by atoms with E-state index in [0.29, 0.717) is 24.3 Å². The molecule has 3 heterocycles. The third-order valence-corrected chi connectivity index (χ3v) is 11.3. The number of piperidine rings is 1. The third kappa shape index (κ3) is 4.04. The molecule has 2 N–H and O–H groups in total. The van der Waals surface area contributed by atoms with Crippen molar-refractivity contribution < 1.29 is 18.0 Å². The summed E-state index contributed by atoms with van der Waals surface area (Å²) in [6.45, 7) is 5.81. The van der Waals surface area contributed by atoms with E-state index in [2.05, 4.69) is 45.1 Å². The Morgan fingerprint density at radius 3 is 2.39 bits per heavy atom. The zero-order valence-corrected chi connectivity index (χ0v) is 23.0. The van der Waals surface area contributed by atoms with E-state index in [0.717, 1.165) is 45.3 Å². The van der Waals surface area contributed by atoms with Gasteiger partial charge in [-0.25, -0.2) is 13.1 Å². The van der Waals surface area contributed by atoms with Crippen molar-refractivity contribution in [1.29, 1.82) is 0 Å². The number of hydrogen-bond acceptors (Lipinski definition) is 5. The van der Waals surface area contributed by atoms with Crippen molar-refractivity contribution in [3.63, 3.8) is 0 Å². The SMILES string of the molecule is CC1C2CC(C1NS(C)(=O)=O)C1C(=O)N(C[C@H]3C[C@@H]3CN3CCC(c4c[nH]c5ccccc45)CC3)C(=O)C21. The van der Waals surface area contributed by atoms with Gasteiger partial charge >= 0.3 is 0 Å². The van der Waals surface area contributed by atoms with Crippen LogP contribution in [0.25, 0.3) is 10.9 Å². The minimum atomic E-state index is -3.36. The van der Waals surface area contributed by atoms with Gasteiger partial charge in [-0.05, 0) is 85.9 Å². The maximum Gasteiger partial charge on any atom is 0.233 e. The van der Waals surface area contributed by atoms with Crippen molar-refractivity contribution in [2.45, 2.75) is 44.6 Å². The molecule has 2 bridgehead atoms. The van der Waals surface area contributed by atoms with Crippen LogP contribution >= 0.6 is 0 Å². The third-order valence-electron chi connectivity index (χ3n) is 10.6. The molecule has 0 spiro atoms. The number of likely N-dealkylation sites (tertiary alicyclic amines) is 2. The van der Waals surface area contributed by atoms with Gasteiger partial charge in [0.1, 0.15) is 0 Å². The number of aromatic nitrogens is 1. The van der Waals surface area contributed by atoms with Gasteiger partial charge in [0, 0.05) is 36.2 Å². The number of carbonyl (C=O) groups is 2. The molecule has 2 aromatic rings. The molecule has 3 aliphatic carbocycles. The molecule has 3 saturated carbocycles. The summed E-state index contributed by atoms with van der Waals surface area (Å²) in [5, 5.41) is 1.35. The first kappa shape index (κ1) is 24.8. The quantitative estimate of drug-likeness (QED) is 0.528. The molecule has 5 aliphatic rings. The molecule has 5 fully saturated rings. The summed E-state index contributed by atoms with van der Waals surface area (Å²) >= 11 is 0. The van der Waals surface area contributed by atoms with Crippen LogP contribution in [-0.2, 0) is 19.6 Å². The standard InChI is InChI=1S/C29H38N4O4S/c1-16-21-12-22(27(16)31-38(2,36)37)26-25(21)28(34)33(29(26)35)15-19-11-18(19)14-32-9-7-17(8-10-32)23-13-30-24-6-4-3-5-20(23)24/h3-6,13,16-19,21-22,25-27,30-31H,7-12,14-15H2,1-2H3/t16?,18-,19-,21?,22?,25?,26?,27?/m1/s1. The molecule has 0 radical (unpaired) electrons. The molecule has 8 nitrogen and oxygen atoms in total. The lowest BCUT2D eigenvalue weighted by atomic mass is 9.73. The zero-order valence-electron chi connectivity index (χ0n) is 22.2. The van der Waals surface area contributed by atoms with Crippen LogP contribution in [0.4, 0.5) is 0 Å². The van der Waals surface area contributed by atoms with Crippen LogP contribution in [-0.4, -0.2) is 73.5 Å². The fraction of sp³-hybridized carbons (Fsp3) is 0.655. The largest absolute Gasteiger partial charge is 0.361 e. The van der Waals surface area contributed by atoms with E-state index in [4.69, 9.17) is 0 Å². The van der Waals surface area contributed by atoms with Crippen molar-refractivity contribution >= 4 is 32.7 Å².